The molecular weight excluding hydrogens is 134 g/mol. The van der Waals surface area contributed by atoms with Gasteiger partial charge in [0.15, 0.2) is 0 Å². The van der Waals surface area contributed by atoms with Crippen LogP contribution in [0.2, 0.25) is 0 Å². The molecule has 0 spiro atoms. The molecule has 0 aliphatic heterocycles. The van der Waals surface area contributed by atoms with Crippen LogP contribution in [0.1, 0.15) is 33.6 Å². The molecule has 0 aromatic rings. The molecule has 0 radical (unpaired) electrons. The summed E-state index contributed by atoms with van der Waals surface area (Å²) < 4.78 is 0. The Hall–Kier alpha value is -0.0400. The molecule has 3 saturated carbocycles. The molecule has 3 aliphatic carbocycles. The van der Waals surface area contributed by atoms with Gasteiger partial charge in [-0.2, -0.15) is 0 Å². The van der Waals surface area contributed by atoms with Crippen molar-refractivity contribution in [1.82, 2.24) is 0 Å². The van der Waals surface area contributed by atoms with Crippen LogP contribution >= 0.6 is 0 Å². The van der Waals surface area contributed by atoms with Crippen molar-refractivity contribution in [2.24, 2.45) is 28.9 Å². The van der Waals surface area contributed by atoms with Crippen molar-refractivity contribution in [3.63, 3.8) is 0 Å². The molecule has 3 aliphatic rings. The number of nitrogens with two attached hydrogens (primary N) is 1. The van der Waals surface area contributed by atoms with Crippen LogP contribution in [0.4, 0.5) is 0 Å². The van der Waals surface area contributed by atoms with Gasteiger partial charge in [-0.1, -0.05) is 20.8 Å². The summed E-state index contributed by atoms with van der Waals surface area (Å²) in [5, 5.41) is 0. The number of rotatable bonds is 0. The smallest absolute Gasteiger partial charge is 0.00702 e. The molecule has 64 valence electrons. The average Bonchev–Trinajstić information content (AvgIpc) is 1.93. The van der Waals surface area contributed by atoms with Gasteiger partial charge in [0, 0.05) is 6.04 Å². The molecule has 0 aromatic heterocycles. The minimum Gasteiger partial charge on any atom is -0.327 e. The lowest BCUT2D eigenvalue weighted by molar-refractivity contribution is -0.108. The topological polar surface area (TPSA) is 26.0 Å². The second-order valence-corrected chi connectivity index (χ2v) is 5.12. The van der Waals surface area contributed by atoms with E-state index >= 15 is 0 Å². The van der Waals surface area contributed by atoms with Crippen LogP contribution in [0.15, 0.2) is 0 Å². The summed E-state index contributed by atoms with van der Waals surface area (Å²) in [4.78, 5) is 0. The van der Waals surface area contributed by atoms with Crippen molar-refractivity contribution in [1.29, 1.82) is 0 Å². The Morgan fingerprint density at radius 3 is 2.27 bits per heavy atom. The number of hydrogen-bond acceptors (Lipinski definition) is 1. The third-order valence-corrected chi connectivity index (χ3v) is 4.41. The van der Waals surface area contributed by atoms with Gasteiger partial charge in [0.1, 0.15) is 0 Å². The lowest BCUT2D eigenvalue weighted by Crippen LogP contribution is -2.58. The Morgan fingerprint density at radius 1 is 1.27 bits per heavy atom. The summed E-state index contributed by atoms with van der Waals surface area (Å²) in [6.07, 6.45) is 2.71. The molecule has 0 saturated heterocycles. The first-order valence-corrected chi connectivity index (χ1v) is 4.79. The Balaban J connectivity index is 2.17. The Labute approximate surface area is 69.4 Å². The fraction of sp³-hybridized carbons (Fsp3) is 1.00. The van der Waals surface area contributed by atoms with Crippen molar-refractivity contribution in [2.45, 2.75) is 39.7 Å². The number of fused-ring (bicyclic) bond motifs is 2. The van der Waals surface area contributed by atoms with E-state index in [-0.39, 0.29) is 0 Å². The second-order valence-electron chi connectivity index (χ2n) is 5.12. The van der Waals surface area contributed by atoms with E-state index in [1.165, 1.54) is 12.8 Å². The average molecular weight is 153 g/mol. The predicted octanol–water partition coefficient (Wildman–Crippen LogP) is 2.02. The largest absolute Gasteiger partial charge is 0.327 e. The van der Waals surface area contributed by atoms with Crippen molar-refractivity contribution in [3.05, 3.63) is 0 Å². The van der Waals surface area contributed by atoms with E-state index in [0.29, 0.717) is 11.5 Å². The standard InChI is InChI=1S/C10H19N/c1-6-8-4-7(5-9(6)11)10(8,2)3/h6-9H,4-5,11H2,1-3H3/t6?,7?,8?,9-/m0/s1. The highest BCUT2D eigenvalue weighted by molar-refractivity contribution is 5.06. The Morgan fingerprint density at radius 2 is 1.91 bits per heavy atom. The summed E-state index contributed by atoms with van der Waals surface area (Å²) >= 11 is 0. The fourth-order valence-electron chi connectivity index (χ4n) is 3.19. The lowest BCUT2D eigenvalue weighted by Gasteiger charge is -2.61. The molecule has 2 bridgehead atoms. The van der Waals surface area contributed by atoms with E-state index < -0.39 is 0 Å². The molecule has 11 heavy (non-hydrogen) atoms. The third kappa shape index (κ3) is 0.807. The van der Waals surface area contributed by atoms with Gasteiger partial charge in [-0.15, -0.1) is 0 Å². The van der Waals surface area contributed by atoms with E-state index in [4.69, 9.17) is 5.73 Å². The highest BCUT2D eigenvalue weighted by Gasteiger charge is 2.55. The van der Waals surface area contributed by atoms with Crippen LogP contribution in [0.5, 0.6) is 0 Å². The van der Waals surface area contributed by atoms with Gasteiger partial charge in [0.2, 0.25) is 0 Å². The molecule has 3 rings (SSSR count). The van der Waals surface area contributed by atoms with Gasteiger partial charge in [-0.25, -0.2) is 0 Å². The molecule has 4 atom stereocenters. The number of hydrogen-bond donors (Lipinski definition) is 1. The van der Waals surface area contributed by atoms with E-state index in [2.05, 4.69) is 20.8 Å². The van der Waals surface area contributed by atoms with Crippen molar-refractivity contribution in [3.8, 4) is 0 Å². The van der Waals surface area contributed by atoms with Crippen LogP contribution in [0, 0.1) is 23.2 Å². The van der Waals surface area contributed by atoms with Crippen molar-refractivity contribution >= 4 is 0 Å². The summed E-state index contributed by atoms with van der Waals surface area (Å²) in [5.41, 5.74) is 6.63. The second kappa shape index (κ2) is 2.01. The lowest BCUT2D eigenvalue weighted by atomic mass is 9.45. The maximum atomic E-state index is 6.02. The van der Waals surface area contributed by atoms with Gasteiger partial charge < -0.3 is 5.73 Å². The zero-order valence-electron chi connectivity index (χ0n) is 7.80. The minimum absolute atomic E-state index is 0.492. The molecule has 3 unspecified atom stereocenters. The molecule has 1 nitrogen and oxygen atoms in total. The zero-order chi connectivity index (χ0) is 8.22. The van der Waals surface area contributed by atoms with E-state index in [9.17, 15) is 0 Å². The van der Waals surface area contributed by atoms with Crippen LogP contribution in [0.3, 0.4) is 0 Å². The summed E-state index contributed by atoms with van der Waals surface area (Å²) in [6.45, 7) is 7.15. The summed E-state index contributed by atoms with van der Waals surface area (Å²) in [7, 11) is 0. The van der Waals surface area contributed by atoms with Crippen molar-refractivity contribution in [2.75, 3.05) is 0 Å². The van der Waals surface area contributed by atoms with E-state index in [1.807, 2.05) is 0 Å². The summed E-state index contributed by atoms with van der Waals surface area (Å²) in [6, 6.07) is 0.492. The third-order valence-electron chi connectivity index (χ3n) is 4.41. The molecule has 1 heteroatoms. The molecule has 3 fully saturated rings. The van der Waals surface area contributed by atoms with E-state index in [0.717, 1.165) is 17.8 Å². The highest BCUT2D eigenvalue weighted by atomic mass is 14.7. The van der Waals surface area contributed by atoms with Gasteiger partial charge in [-0.05, 0) is 36.0 Å². The monoisotopic (exact) mass is 153 g/mol. The fourth-order valence-corrected chi connectivity index (χ4v) is 3.19. The Kier molecular flexibility index (Phi) is 1.39. The first-order valence-electron chi connectivity index (χ1n) is 4.79. The predicted molar refractivity (Wildman–Crippen MR) is 47.1 cm³/mol. The first-order chi connectivity index (χ1) is 5.03. The minimum atomic E-state index is 0.492. The van der Waals surface area contributed by atoms with Crippen LogP contribution in [-0.4, -0.2) is 6.04 Å². The first kappa shape index (κ1) is 7.60. The molecule has 0 aromatic carbocycles. The van der Waals surface area contributed by atoms with Gasteiger partial charge in [-0.3, -0.25) is 0 Å². The van der Waals surface area contributed by atoms with Gasteiger partial charge in [0.25, 0.3) is 0 Å². The van der Waals surface area contributed by atoms with Crippen LogP contribution < -0.4 is 5.73 Å². The SMILES string of the molecule is CC1C2CC(C[C@@H]1N)C2(C)C. The Bertz CT molecular complexity index is 174. The quantitative estimate of drug-likeness (QED) is 0.566. The van der Waals surface area contributed by atoms with Crippen LogP contribution in [-0.2, 0) is 0 Å². The highest BCUT2D eigenvalue weighted by Crippen LogP contribution is 2.60. The van der Waals surface area contributed by atoms with Gasteiger partial charge >= 0.3 is 0 Å². The van der Waals surface area contributed by atoms with Crippen LogP contribution in [0.25, 0.3) is 0 Å². The molecule has 0 amide bonds. The maximum Gasteiger partial charge on any atom is 0.00702 e. The molecule has 0 heterocycles. The summed E-state index contributed by atoms with van der Waals surface area (Å²) in [5.74, 6) is 2.60. The maximum absolute atomic E-state index is 6.02. The van der Waals surface area contributed by atoms with Crippen molar-refractivity contribution < 1.29 is 0 Å². The normalized spacial score (nSPS) is 53.5. The molecule has 2 N–H and O–H groups in total. The molecular formula is C10H19N. The van der Waals surface area contributed by atoms with E-state index in [1.54, 1.807) is 0 Å². The zero-order valence-corrected chi connectivity index (χ0v) is 7.80. The van der Waals surface area contributed by atoms with Gasteiger partial charge in [0.05, 0.1) is 0 Å².